The predicted molar refractivity (Wildman–Crippen MR) is 77.1 cm³/mol. The van der Waals surface area contributed by atoms with Gasteiger partial charge in [0.2, 0.25) is 0 Å². The van der Waals surface area contributed by atoms with Crippen LogP contribution in [0.25, 0.3) is 10.9 Å². The summed E-state index contributed by atoms with van der Waals surface area (Å²) in [6.45, 7) is 0.673. The van der Waals surface area contributed by atoms with E-state index in [0.717, 1.165) is 17.6 Å². The molecule has 1 aliphatic carbocycles. The normalized spacial score (nSPS) is 15.9. The molecule has 19 heavy (non-hydrogen) atoms. The number of aromatic nitrogens is 2. The monoisotopic (exact) mass is 257 g/mol. The second kappa shape index (κ2) is 4.91. The molecule has 0 aliphatic heterocycles. The van der Waals surface area contributed by atoms with Gasteiger partial charge in [-0.3, -0.25) is 9.67 Å². The molecule has 0 spiro atoms. The number of hydrogen-bond acceptors (Lipinski definition) is 2. The number of nitrogens with zero attached hydrogens (tertiary/aromatic N) is 3. The fourth-order valence-electron chi connectivity index (χ4n) is 2.24. The predicted octanol–water partition coefficient (Wildman–Crippen LogP) is 1.18. The molecular formula is C14H19N5. The van der Waals surface area contributed by atoms with Crippen LogP contribution < -0.4 is 11.1 Å². The molecule has 0 saturated heterocycles. The van der Waals surface area contributed by atoms with Gasteiger partial charge in [-0.25, -0.2) is 0 Å². The lowest BCUT2D eigenvalue weighted by Gasteiger charge is -2.02. The molecule has 0 amide bonds. The standard InChI is InChI=1S/C14H19N5/c1-19-13-5-3-2-4-11(13)12(18-19)8-9-16-14(15)17-10-6-7-10/h2-5,10H,6-9H2,1H3,(H3,15,16,17). The van der Waals surface area contributed by atoms with Gasteiger partial charge in [-0.05, 0) is 18.9 Å². The van der Waals surface area contributed by atoms with Crippen LogP contribution in [-0.4, -0.2) is 28.3 Å². The lowest BCUT2D eigenvalue weighted by Crippen LogP contribution is -2.33. The molecule has 0 radical (unpaired) electrons. The first-order chi connectivity index (χ1) is 9.24. The number of nitrogens with two attached hydrogens (primary N) is 1. The molecule has 1 aliphatic rings. The Balaban J connectivity index is 1.68. The topological polar surface area (TPSA) is 68.2 Å². The maximum Gasteiger partial charge on any atom is 0.188 e. The lowest BCUT2D eigenvalue weighted by atomic mass is 10.2. The number of guanidine groups is 1. The Bertz CT molecular complexity index is 609. The minimum atomic E-state index is 0.555. The summed E-state index contributed by atoms with van der Waals surface area (Å²) in [5, 5.41) is 8.93. The van der Waals surface area contributed by atoms with Crippen molar-refractivity contribution in [2.45, 2.75) is 25.3 Å². The molecule has 0 unspecified atom stereocenters. The SMILES string of the molecule is Cn1nc(CCN=C(N)NC2CC2)c2ccccc21. The quantitative estimate of drug-likeness (QED) is 0.638. The van der Waals surface area contributed by atoms with Gasteiger partial charge in [0.05, 0.1) is 11.2 Å². The number of fused-ring (bicyclic) bond motifs is 1. The fourth-order valence-corrected chi connectivity index (χ4v) is 2.24. The van der Waals surface area contributed by atoms with Crippen LogP contribution in [0.15, 0.2) is 29.3 Å². The van der Waals surface area contributed by atoms with E-state index in [2.05, 4.69) is 27.5 Å². The molecule has 3 N–H and O–H groups in total. The van der Waals surface area contributed by atoms with Crippen LogP contribution in [0.5, 0.6) is 0 Å². The number of aryl methyl sites for hydroxylation is 1. The highest BCUT2D eigenvalue weighted by molar-refractivity contribution is 5.82. The summed E-state index contributed by atoms with van der Waals surface area (Å²) in [5.41, 5.74) is 8.05. The van der Waals surface area contributed by atoms with Crippen molar-refractivity contribution in [3.63, 3.8) is 0 Å². The van der Waals surface area contributed by atoms with E-state index in [1.54, 1.807) is 0 Å². The summed E-state index contributed by atoms with van der Waals surface area (Å²) in [6.07, 6.45) is 3.23. The average Bonchev–Trinajstić information content (AvgIpc) is 3.15. The van der Waals surface area contributed by atoms with Gasteiger partial charge in [0.15, 0.2) is 5.96 Å². The summed E-state index contributed by atoms with van der Waals surface area (Å²) in [7, 11) is 1.97. The Morgan fingerprint density at radius 3 is 3.05 bits per heavy atom. The Kier molecular flexibility index (Phi) is 3.11. The van der Waals surface area contributed by atoms with Gasteiger partial charge < -0.3 is 11.1 Å². The smallest absolute Gasteiger partial charge is 0.188 e. The lowest BCUT2D eigenvalue weighted by molar-refractivity contribution is 0.759. The van der Waals surface area contributed by atoms with E-state index >= 15 is 0 Å². The van der Waals surface area contributed by atoms with Gasteiger partial charge >= 0.3 is 0 Å². The highest BCUT2D eigenvalue weighted by atomic mass is 15.3. The highest BCUT2D eigenvalue weighted by Crippen LogP contribution is 2.18. The largest absolute Gasteiger partial charge is 0.370 e. The first kappa shape index (κ1) is 12.0. The zero-order valence-corrected chi connectivity index (χ0v) is 11.1. The summed E-state index contributed by atoms with van der Waals surface area (Å²) >= 11 is 0. The van der Waals surface area contributed by atoms with Gasteiger partial charge in [-0.15, -0.1) is 0 Å². The van der Waals surface area contributed by atoms with Crippen molar-refractivity contribution in [1.29, 1.82) is 0 Å². The zero-order valence-electron chi connectivity index (χ0n) is 11.1. The molecule has 1 aromatic heterocycles. The van der Waals surface area contributed by atoms with Crippen molar-refractivity contribution in [1.82, 2.24) is 15.1 Å². The van der Waals surface area contributed by atoms with Crippen molar-refractivity contribution in [3.8, 4) is 0 Å². The third-order valence-corrected chi connectivity index (χ3v) is 3.39. The first-order valence-corrected chi connectivity index (χ1v) is 6.71. The number of benzene rings is 1. The summed E-state index contributed by atoms with van der Waals surface area (Å²) in [4.78, 5) is 4.35. The molecule has 5 heteroatoms. The number of hydrogen-bond donors (Lipinski definition) is 2. The molecule has 0 atom stereocenters. The van der Waals surface area contributed by atoms with Crippen LogP contribution >= 0.6 is 0 Å². The van der Waals surface area contributed by atoms with Crippen molar-refractivity contribution < 1.29 is 0 Å². The van der Waals surface area contributed by atoms with Crippen LogP contribution in [-0.2, 0) is 13.5 Å². The van der Waals surface area contributed by atoms with E-state index < -0.39 is 0 Å². The van der Waals surface area contributed by atoms with Crippen LogP contribution in [0.1, 0.15) is 18.5 Å². The third-order valence-electron chi connectivity index (χ3n) is 3.39. The Labute approximate surface area is 112 Å². The van der Waals surface area contributed by atoms with Gasteiger partial charge in [0.1, 0.15) is 0 Å². The fraction of sp³-hybridized carbons (Fsp3) is 0.429. The number of aliphatic imine (C=N–C) groups is 1. The summed E-state index contributed by atoms with van der Waals surface area (Å²) < 4.78 is 1.92. The maximum absolute atomic E-state index is 5.81. The molecule has 1 saturated carbocycles. The van der Waals surface area contributed by atoms with Crippen LogP contribution in [0, 0.1) is 0 Å². The van der Waals surface area contributed by atoms with E-state index in [9.17, 15) is 0 Å². The van der Waals surface area contributed by atoms with E-state index in [1.165, 1.54) is 18.2 Å². The molecule has 0 bridgehead atoms. The molecule has 1 fully saturated rings. The second-order valence-corrected chi connectivity index (χ2v) is 5.02. The van der Waals surface area contributed by atoms with Crippen LogP contribution in [0.2, 0.25) is 0 Å². The van der Waals surface area contributed by atoms with Gasteiger partial charge in [-0.1, -0.05) is 18.2 Å². The van der Waals surface area contributed by atoms with E-state index in [-0.39, 0.29) is 0 Å². The molecular weight excluding hydrogens is 238 g/mol. The Hall–Kier alpha value is -2.04. The maximum atomic E-state index is 5.81. The molecule has 2 aromatic rings. The van der Waals surface area contributed by atoms with Crippen LogP contribution in [0.3, 0.4) is 0 Å². The van der Waals surface area contributed by atoms with Crippen LogP contribution in [0.4, 0.5) is 0 Å². The molecule has 1 heterocycles. The number of nitrogens with one attached hydrogen (secondary N) is 1. The van der Waals surface area contributed by atoms with E-state index in [0.29, 0.717) is 18.5 Å². The summed E-state index contributed by atoms with van der Waals surface area (Å²) in [6, 6.07) is 8.81. The Morgan fingerprint density at radius 1 is 1.47 bits per heavy atom. The summed E-state index contributed by atoms with van der Waals surface area (Å²) in [5.74, 6) is 0.558. The molecule has 5 nitrogen and oxygen atoms in total. The first-order valence-electron chi connectivity index (χ1n) is 6.71. The Morgan fingerprint density at radius 2 is 2.26 bits per heavy atom. The van der Waals surface area contributed by atoms with Crippen molar-refractivity contribution in [2.75, 3.05) is 6.54 Å². The molecule has 3 rings (SSSR count). The zero-order chi connectivity index (χ0) is 13.2. The van der Waals surface area contributed by atoms with E-state index in [1.807, 2.05) is 23.9 Å². The molecule has 1 aromatic carbocycles. The highest BCUT2D eigenvalue weighted by Gasteiger charge is 2.21. The number of para-hydroxylation sites is 1. The molecule has 100 valence electrons. The average molecular weight is 257 g/mol. The third kappa shape index (κ3) is 2.70. The van der Waals surface area contributed by atoms with Gasteiger partial charge in [0.25, 0.3) is 0 Å². The van der Waals surface area contributed by atoms with Crippen molar-refractivity contribution >= 4 is 16.9 Å². The minimum absolute atomic E-state index is 0.555. The van der Waals surface area contributed by atoms with Gasteiger partial charge in [0, 0.05) is 31.4 Å². The van der Waals surface area contributed by atoms with Gasteiger partial charge in [-0.2, -0.15) is 5.10 Å². The van der Waals surface area contributed by atoms with E-state index in [4.69, 9.17) is 5.73 Å². The second-order valence-electron chi connectivity index (χ2n) is 5.02. The minimum Gasteiger partial charge on any atom is -0.370 e. The number of rotatable bonds is 4. The van der Waals surface area contributed by atoms with Crippen molar-refractivity contribution in [3.05, 3.63) is 30.0 Å². The van der Waals surface area contributed by atoms with Crippen molar-refractivity contribution in [2.24, 2.45) is 17.8 Å².